The van der Waals surface area contributed by atoms with Crippen LogP contribution in [-0.4, -0.2) is 26.3 Å². The first-order chi connectivity index (χ1) is 8.38. The lowest BCUT2D eigenvalue weighted by Crippen LogP contribution is -1.99. The lowest BCUT2D eigenvalue weighted by Gasteiger charge is -2.00. The summed E-state index contributed by atoms with van der Waals surface area (Å²) in [5, 5.41) is 8.08. The van der Waals surface area contributed by atoms with Gasteiger partial charge in [-0.2, -0.15) is 4.68 Å². The molecule has 0 radical (unpaired) electrons. The third-order valence-electron chi connectivity index (χ3n) is 2.48. The molecule has 0 fully saturated rings. The van der Waals surface area contributed by atoms with Gasteiger partial charge in [0.1, 0.15) is 5.52 Å². The maximum Gasteiger partial charge on any atom is 0.155 e. The fourth-order valence-electron chi connectivity index (χ4n) is 1.63. The summed E-state index contributed by atoms with van der Waals surface area (Å²) in [6.07, 6.45) is 2.27. The molecule has 0 atom stereocenters. The number of pyridine rings is 1. The average molecular weight is 224 g/mol. The zero-order valence-electron chi connectivity index (χ0n) is 8.82. The van der Waals surface area contributed by atoms with Crippen LogP contribution < -0.4 is 0 Å². The molecule has 5 heteroatoms. The first kappa shape index (κ1) is 9.65. The number of aldehydes is 1. The van der Waals surface area contributed by atoms with E-state index in [1.165, 1.54) is 6.20 Å². The normalized spacial score (nSPS) is 10.6. The van der Waals surface area contributed by atoms with E-state index in [1.807, 2.05) is 24.3 Å². The van der Waals surface area contributed by atoms with Crippen molar-refractivity contribution in [2.24, 2.45) is 0 Å². The van der Waals surface area contributed by atoms with Crippen molar-refractivity contribution in [1.82, 2.24) is 20.0 Å². The van der Waals surface area contributed by atoms with Gasteiger partial charge < -0.3 is 0 Å². The zero-order chi connectivity index (χ0) is 11.7. The lowest BCUT2D eigenvalue weighted by molar-refractivity contribution is 0.112. The molecule has 0 aliphatic carbocycles. The van der Waals surface area contributed by atoms with Crippen molar-refractivity contribution < 1.29 is 4.79 Å². The predicted octanol–water partition coefficient (Wildman–Crippen LogP) is 1.63. The molecule has 1 aromatic carbocycles. The van der Waals surface area contributed by atoms with Crippen LogP contribution in [0.4, 0.5) is 0 Å². The molecule has 0 aliphatic rings. The van der Waals surface area contributed by atoms with Crippen molar-refractivity contribution in [1.29, 1.82) is 0 Å². The molecule has 3 aromatic rings. The number of benzene rings is 1. The highest BCUT2D eigenvalue weighted by Crippen LogP contribution is 2.13. The number of nitrogens with zero attached hydrogens (tertiary/aromatic N) is 4. The molecule has 0 spiro atoms. The van der Waals surface area contributed by atoms with Gasteiger partial charge in [-0.1, -0.05) is 17.3 Å². The number of carbonyl (C=O) groups excluding carboxylic acids is 1. The number of fused-ring (bicyclic) bond motifs is 1. The van der Waals surface area contributed by atoms with Crippen LogP contribution in [0.25, 0.3) is 16.9 Å². The molecule has 3 rings (SSSR count). The highest BCUT2D eigenvalue weighted by Gasteiger charge is 2.06. The maximum absolute atomic E-state index is 10.5. The van der Waals surface area contributed by atoms with Crippen LogP contribution >= 0.6 is 0 Å². The minimum Gasteiger partial charge on any atom is -0.298 e. The minimum absolute atomic E-state index is 0.540. The van der Waals surface area contributed by atoms with Crippen LogP contribution in [-0.2, 0) is 0 Å². The topological polar surface area (TPSA) is 60.7 Å². The molecule has 0 N–H and O–H groups in total. The van der Waals surface area contributed by atoms with E-state index in [2.05, 4.69) is 15.3 Å². The van der Waals surface area contributed by atoms with Crippen LogP contribution in [0.1, 0.15) is 10.4 Å². The summed E-state index contributed by atoms with van der Waals surface area (Å²) < 4.78 is 1.64. The first-order valence-electron chi connectivity index (χ1n) is 5.10. The van der Waals surface area contributed by atoms with Gasteiger partial charge in [0.2, 0.25) is 0 Å². The zero-order valence-corrected chi connectivity index (χ0v) is 8.82. The summed E-state index contributed by atoms with van der Waals surface area (Å²) in [6.45, 7) is 0. The first-order valence-corrected chi connectivity index (χ1v) is 5.10. The Labute approximate surface area is 96.7 Å². The van der Waals surface area contributed by atoms with Gasteiger partial charge in [0.25, 0.3) is 0 Å². The average Bonchev–Trinajstić information content (AvgIpc) is 2.83. The molecule has 0 saturated carbocycles. The second-order valence-electron chi connectivity index (χ2n) is 3.56. The molecular formula is C12H8N4O. The van der Waals surface area contributed by atoms with Gasteiger partial charge in [-0.25, -0.2) is 4.98 Å². The smallest absolute Gasteiger partial charge is 0.155 e. The van der Waals surface area contributed by atoms with Gasteiger partial charge in [0.05, 0.1) is 5.52 Å². The summed E-state index contributed by atoms with van der Waals surface area (Å²) in [4.78, 5) is 14.7. The van der Waals surface area contributed by atoms with Crippen LogP contribution in [0, 0.1) is 0 Å². The third kappa shape index (κ3) is 1.57. The Hall–Kier alpha value is -2.56. The Morgan fingerprint density at radius 3 is 2.76 bits per heavy atom. The van der Waals surface area contributed by atoms with Gasteiger partial charge in [-0.15, -0.1) is 5.10 Å². The largest absolute Gasteiger partial charge is 0.298 e. The van der Waals surface area contributed by atoms with Crippen molar-refractivity contribution in [3.63, 3.8) is 0 Å². The summed E-state index contributed by atoms with van der Waals surface area (Å²) >= 11 is 0. The minimum atomic E-state index is 0.540. The maximum atomic E-state index is 10.5. The second kappa shape index (κ2) is 3.79. The molecule has 82 valence electrons. The molecule has 5 nitrogen and oxygen atoms in total. The Kier molecular flexibility index (Phi) is 2.15. The van der Waals surface area contributed by atoms with E-state index in [4.69, 9.17) is 0 Å². The van der Waals surface area contributed by atoms with Crippen LogP contribution in [0.15, 0.2) is 42.6 Å². The van der Waals surface area contributed by atoms with Crippen LogP contribution in [0.5, 0.6) is 0 Å². The SMILES string of the molecule is O=Cc1ccc(-n2nnc3ccccc32)nc1. The van der Waals surface area contributed by atoms with E-state index >= 15 is 0 Å². The van der Waals surface area contributed by atoms with Gasteiger partial charge in [-0.05, 0) is 24.3 Å². The summed E-state index contributed by atoms with van der Waals surface area (Å²) in [5.74, 6) is 0.643. The van der Waals surface area contributed by atoms with Gasteiger partial charge in [-0.3, -0.25) is 4.79 Å². The number of rotatable bonds is 2. The van der Waals surface area contributed by atoms with E-state index in [1.54, 1.807) is 16.8 Å². The summed E-state index contributed by atoms with van der Waals surface area (Å²) in [6, 6.07) is 11.1. The molecule has 0 aliphatic heterocycles. The van der Waals surface area contributed by atoms with E-state index in [-0.39, 0.29) is 0 Å². The van der Waals surface area contributed by atoms with Crippen molar-refractivity contribution in [2.45, 2.75) is 0 Å². The summed E-state index contributed by atoms with van der Waals surface area (Å²) in [7, 11) is 0. The van der Waals surface area contributed by atoms with E-state index in [0.717, 1.165) is 17.3 Å². The highest BCUT2D eigenvalue weighted by molar-refractivity contribution is 5.76. The van der Waals surface area contributed by atoms with Gasteiger partial charge >= 0.3 is 0 Å². The van der Waals surface area contributed by atoms with Crippen LogP contribution in [0.2, 0.25) is 0 Å². The molecule has 0 saturated heterocycles. The van der Waals surface area contributed by atoms with Crippen LogP contribution in [0.3, 0.4) is 0 Å². The van der Waals surface area contributed by atoms with E-state index in [9.17, 15) is 4.79 Å². The molecule has 0 amide bonds. The number of carbonyl (C=O) groups is 1. The Balaban J connectivity index is 2.16. The van der Waals surface area contributed by atoms with Crippen molar-refractivity contribution in [3.05, 3.63) is 48.2 Å². The Morgan fingerprint density at radius 2 is 2.00 bits per heavy atom. The Morgan fingerprint density at radius 1 is 1.12 bits per heavy atom. The van der Waals surface area contributed by atoms with Gasteiger partial charge in [0.15, 0.2) is 12.1 Å². The molecule has 2 aromatic heterocycles. The number of para-hydroxylation sites is 1. The standard InChI is InChI=1S/C12H8N4O/c17-8-9-5-6-12(13-7-9)16-11-4-2-1-3-10(11)14-15-16/h1-8H. The number of hydrogen-bond donors (Lipinski definition) is 0. The quantitative estimate of drug-likeness (QED) is 0.621. The third-order valence-corrected chi connectivity index (χ3v) is 2.48. The molecular weight excluding hydrogens is 216 g/mol. The predicted molar refractivity (Wildman–Crippen MR) is 62.0 cm³/mol. The Bertz CT molecular complexity index is 672. The number of aromatic nitrogens is 4. The molecule has 17 heavy (non-hydrogen) atoms. The number of hydrogen-bond acceptors (Lipinski definition) is 4. The fourth-order valence-corrected chi connectivity index (χ4v) is 1.63. The molecule has 0 unspecified atom stereocenters. The summed E-state index contributed by atoms with van der Waals surface area (Å²) in [5.41, 5.74) is 2.24. The highest BCUT2D eigenvalue weighted by atomic mass is 16.1. The fraction of sp³-hybridized carbons (Fsp3) is 0. The van der Waals surface area contributed by atoms with Crippen molar-refractivity contribution >= 4 is 17.3 Å². The van der Waals surface area contributed by atoms with Gasteiger partial charge in [0, 0.05) is 11.8 Å². The molecule has 0 bridgehead atoms. The monoisotopic (exact) mass is 224 g/mol. The second-order valence-corrected chi connectivity index (χ2v) is 3.56. The van der Waals surface area contributed by atoms with Crippen molar-refractivity contribution in [2.75, 3.05) is 0 Å². The molecule has 2 heterocycles. The van der Waals surface area contributed by atoms with E-state index < -0.39 is 0 Å². The van der Waals surface area contributed by atoms with E-state index in [0.29, 0.717) is 11.4 Å². The lowest BCUT2D eigenvalue weighted by atomic mass is 10.3. The van der Waals surface area contributed by atoms with Crippen molar-refractivity contribution in [3.8, 4) is 5.82 Å².